The summed E-state index contributed by atoms with van der Waals surface area (Å²) in [5, 5.41) is 28.7. The predicted molar refractivity (Wildman–Crippen MR) is 104 cm³/mol. The van der Waals surface area contributed by atoms with E-state index in [-0.39, 0.29) is 13.2 Å². The molecule has 1 rings (SSSR count). The Hall–Kier alpha value is -0.460. The number of aliphatic hydroxyl groups is 3. The van der Waals surface area contributed by atoms with Crippen LogP contribution in [0.3, 0.4) is 0 Å². The fraction of sp³-hybridized carbons (Fsp3) is 0.905. The minimum absolute atomic E-state index is 0.0961. The fourth-order valence-electron chi connectivity index (χ4n) is 3.26. The van der Waals surface area contributed by atoms with Gasteiger partial charge in [0.2, 0.25) is 0 Å². The molecule has 0 radical (unpaired) electrons. The average Bonchev–Trinajstić information content (AvgIpc) is 2.98. The van der Waals surface area contributed by atoms with Gasteiger partial charge in [-0.25, -0.2) is 0 Å². The first-order valence-electron chi connectivity index (χ1n) is 10.6. The highest BCUT2D eigenvalue weighted by atomic mass is 16.6. The fourth-order valence-corrected chi connectivity index (χ4v) is 3.26. The van der Waals surface area contributed by atoms with Crippen molar-refractivity contribution in [2.24, 2.45) is 0 Å². The molecule has 4 atom stereocenters. The van der Waals surface area contributed by atoms with Gasteiger partial charge in [-0.05, 0) is 32.1 Å². The molecule has 0 spiro atoms. The first-order chi connectivity index (χ1) is 12.7. The zero-order chi connectivity index (χ0) is 19.0. The third kappa shape index (κ3) is 10.0. The van der Waals surface area contributed by atoms with Gasteiger partial charge in [-0.3, -0.25) is 0 Å². The van der Waals surface area contributed by atoms with Crippen molar-refractivity contribution in [3.8, 4) is 0 Å². The molecular weight excluding hydrogens is 332 g/mol. The van der Waals surface area contributed by atoms with E-state index in [1.54, 1.807) is 0 Å². The van der Waals surface area contributed by atoms with Gasteiger partial charge in [0.25, 0.3) is 0 Å². The van der Waals surface area contributed by atoms with E-state index in [9.17, 15) is 15.3 Å². The zero-order valence-electron chi connectivity index (χ0n) is 16.5. The van der Waals surface area contributed by atoms with Gasteiger partial charge in [0, 0.05) is 6.61 Å². The Bertz CT molecular complexity index is 347. The molecule has 1 aliphatic rings. The van der Waals surface area contributed by atoms with Gasteiger partial charge in [-0.1, -0.05) is 57.6 Å². The topological polar surface area (TPSA) is 79.2 Å². The van der Waals surface area contributed by atoms with E-state index in [1.165, 1.54) is 57.8 Å². The van der Waals surface area contributed by atoms with E-state index in [2.05, 4.69) is 19.1 Å². The minimum atomic E-state index is -0.980. The van der Waals surface area contributed by atoms with Crippen molar-refractivity contribution in [3.63, 3.8) is 0 Å². The van der Waals surface area contributed by atoms with Crippen LogP contribution in [0, 0.1) is 0 Å². The van der Waals surface area contributed by atoms with Crippen LogP contribution in [0.1, 0.15) is 77.6 Å². The first-order valence-corrected chi connectivity index (χ1v) is 10.6. The molecule has 1 fully saturated rings. The van der Waals surface area contributed by atoms with E-state index < -0.39 is 24.4 Å². The standard InChI is InChI=1S/C21H40O5/c1-2-3-4-5-6-7-8-9-10-11-12-13-14-15-25-19(16-22)21-20(24)18(23)17-26-21/h7-8,18-24H,2-6,9-17H2,1H3/b8-7+/t18-,19+,20-,21-/m1/s1. The van der Waals surface area contributed by atoms with Crippen molar-refractivity contribution >= 4 is 0 Å². The molecule has 0 unspecified atom stereocenters. The van der Waals surface area contributed by atoms with Gasteiger partial charge < -0.3 is 24.8 Å². The van der Waals surface area contributed by atoms with Crippen LogP contribution >= 0.6 is 0 Å². The number of allylic oxidation sites excluding steroid dienone is 2. The maximum Gasteiger partial charge on any atom is 0.114 e. The third-order valence-corrected chi connectivity index (χ3v) is 4.97. The highest BCUT2D eigenvalue weighted by molar-refractivity contribution is 4.88. The maximum atomic E-state index is 9.80. The smallest absolute Gasteiger partial charge is 0.114 e. The van der Waals surface area contributed by atoms with E-state index in [1.807, 2.05) is 0 Å². The summed E-state index contributed by atoms with van der Waals surface area (Å²) in [6, 6.07) is 0. The van der Waals surface area contributed by atoms with Crippen molar-refractivity contribution in [2.45, 2.75) is 102 Å². The van der Waals surface area contributed by atoms with Crippen LogP contribution in [0.2, 0.25) is 0 Å². The van der Waals surface area contributed by atoms with Gasteiger partial charge in [0.15, 0.2) is 0 Å². The lowest BCUT2D eigenvalue weighted by Crippen LogP contribution is -2.42. The van der Waals surface area contributed by atoms with Crippen molar-refractivity contribution in [2.75, 3.05) is 19.8 Å². The van der Waals surface area contributed by atoms with E-state index in [0.717, 1.165) is 12.8 Å². The lowest BCUT2D eigenvalue weighted by Gasteiger charge is -2.24. The Kier molecular flexibility index (Phi) is 14.1. The number of hydrogen-bond acceptors (Lipinski definition) is 5. The summed E-state index contributed by atoms with van der Waals surface area (Å²) >= 11 is 0. The molecule has 1 aliphatic heterocycles. The van der Waals surface area contributed by atoms with Crippen LogP contribution in [0.4, 0.5) is 0 Å². The lowest BCUT2D eigenvalue weighted by molar-refractivity contribution is -0.101. The maximum absolute atomic E-state index is 9.80. The normalized spacial score (nSPS) is 24.5. The number of rotatable bonds is 16. The van der Waals surface area contributed by atoms with Crippen LogP contribution in [-0.2, 0) is 9.47 Å². The van der Waals surface area contributed by atoms with Crippen LogP contribution in [0.5, 0.6) is 0 Å². The van der Waals surface area contributed by atoms with Gasteiger partial charge in [0.05, 0.1) is 13.2 Å². The summed E-state index contributed by atoms with van der Waals surface area (Å²) in [5.41, 5.74) is 0. The molecule has 0 aromatic heterocycles. The molecule has 5 nitrogen and oxygen atoms in total. The molecule has 0 aromatic carbocycles. The van der Waals surface area contributed by atoms with Crippen molar-refractivity contribution in [1.29, 1.82) is 0 Å². The molecule has 0 bridgehead atoms. The molecule has 0 aliphatic carbocycles. The molecule has 26 heavy (non-hydrogen) atoms. The third-order valence-electron chi connectivity index (χ3n) is 4.97. The molecule has 0 aromatic rings. The number of ether oxygens (including phenoxy) is 2. The molecular formula is C21H40O5. The molecule has 0 amide bonds. The Morgan fingerprint density at radius 1 is 0.962 bits per heavy atom. The predicted octanol–water partition coefficient (Wildman–Crippen LogP) is 3.35. The summed E-state index contributed by atoms with van der Waals surface area (Å²) in [6.07, 6.45) is 15.0. The van der Waals surface area contributed by atoms with Crippen LogP contribution in [0.15, 0.2) is 12.2 Å². The highest BCUT2D eigenvalue weighted by Crippen LogP contribution is 2.20. The van der Waals surface area contributed by atoms with E-state index >= 15 is 0 Å². The average molecular weight is 373 g/mol. The van der Waals surface area contributed by atoms with E-state index in [4.69, 9.17) is 9.47 Å². The minimum Gasteiger partial charge on any atom is -0.394 e. The van der Waals surface area contributed by atoms with Gasteiger partial charge >= 0.3 is 0 Å². The molecule has 1 heterocycles. The molecule has 5 heteroatoms. The summed E-state index contributed by atoms with van der Waals surface area (Å²) in [5.74, 6) is 0. The Morgan fingerprint density at radius 2 is 1.58 bits per heavy atom. The van der Waals surface area contributed by atoms with Crippen LogP contribution < -0.4 is 0 Å². The molecule has 3 N–H and O–H groups in total. The number of aliphatic hydroxyl groups excluding tert-OH is 3. The van der Waals surface area contributed by atoms with Gasteiger partial charge in [-0.2, -0.15) is 0 Å². The summed E-state index contributed by atoms with van der Waals surface area (Å²) in [7, 11) is 0. The molecule has 154 valence electrons. The van der Waals surface area contributed by atoms with Gasteiger partial charge in [-0.15, -0.1) is 0 Å². The summed E-state index contributed by atoms with van der Waals surface area (Å²) < 4.78 is 10.9. The monoisotopic (exact) mass is 372 g/mol. The first kappa shape index (κ1) is 23.6. The SMILES string of the molecule is CCCCCC/C=C/CCCCCCCO[C@@H](CO)[C@H]1OC[C@@H](O)[C@H]1O. The Balaban J connectivity index is 1.92. The van der Waals surface area contributed by atoms with Crippen LogP contribution in [0.25, 0.3) is 0 Å². The second kappa shape index (κ2) is 15.6. The number of unbranched alkanes of at least 4 members (excludes halogenated alkanes) is 9. The van der Waals surface area contributed by atoms with Gasteiger partial charge in [0.1, 0.15) is 24.4 Å². The zero-order valence-corrected chi connectivity index (χ0v) is 16.5. The second-order valence-electron chi connectivity index (χ2n) is 7.32. The summed E-state index contributed by atoms with van der Waals surface area (Å²) in [4.78, 5) is 0. The molecule has 0 saturated carbocycles. The number of hydrogen-bond donors (Lipinski definition) is 3. The quantitative estimate of drug-likeness (QED) is 0.286. The largest absolute Gasteiger partial charge is 0.394 e. The van der Waals surface area contributed by atoms with E-state index in [0.29, 0.717) is 6.61 Å². The highest BCUT2D eigenvalue weighted by Gasteiger charge is 2.40. The van der Waals surface area contributed by atoms with Crippen molar-refractivity contribution in [1.82, 2.24) is 0 Å². The van der Waals surface area contributed by atoms with Crippen molar-refractivity contribution in [3.05, 3.63) is 12.2 Å². The van der Waals surface area contributed by atoms with Crippen molar-refractivity contribution < 1.29 is 24.8 Å². The second-order valence-corrected chi connectivity index (χ2v) is 7.32. The summed E-state index contributed by atoms with van der Waals surface area (Å²) in [6.45, 7) is 2.68. The molecule has 1 saturated heterocycles. The Labute approximate surface area is 159 Å². The lowest BCUT2D eigenvalue weighted by atomic mass is 10.1. The van der Waals surface area contributed by atoms with Crippen LogP contribution in [-0.4, -0.2) is 59.6 Å². The Morgan fingerprint density at radius 3 is 2.15 bits per heavy atom.